The second kappa shape index (κ2) is 8.27. The normalized spacial score (nSPS) is 12.0. The summed E-state index contributed by atoms with van der Waals surface area (Å²) in [6.45, 7) is 1.54. The molecule has 2 N–H and O–H groups in total. The first kappa shape index (κ1) is 20.9. The standard InChI is InChI=1S/C17H16Cl2FN7O2/c1-8(22-17(28)26(2)29)15-13(20)4-9(7-21-15)11-5-10(18)6-12(19)14(11)16-23-25-27(3)24-16/h4-8,29H,1-3H3,(H,22,28)/t8-/m1/s1. The number of nitrogens with one attached hydrogen (secondary N) is 1. The van der Waals surface area contributed by atoms with Crippen molar-refractivity contribution in [1.29, 1.82) is 0 Å². The van der Waals surface area contributed by atoms with E-state index < -0.39 is 17.9 Å². The summed E-state index contributed by atoms with van der Waals surface area (Å²) in [6, 6.07) is 2.80. The molecule has 0 unspecified atom stereocenters. The van der Waals surface area contributed by atoms with Gasteiger partial charge in [0.15, 0.2) is 0 Å². The minimum atomic E-state index is -0.791. The highest BCUT2D eigenvalue weighted by atomic mass is 35.5. The average molecular weight is 440 g/mol. The van der Waals surface area contributed by atoms with Crippen molar-refractivity contribution in [3.8, 4) is 22.5 Å². The van der Waals surface area contributed by atoms with Crippen molar-refractivity contribution in [1.82, 2.24) is 35.6 Å². The van der Waals surface area contributed by atoms with Crippen molar-refractivity contribution in [2.45, 2.75) is 13.0 Å². The van der Waals surface area contributed by atoms with Crippen molar-refractivity contribution in [3.05, 3.63) is 46.0 Å². The number of nitrogens with zero attached hydrogens (tertiary/aromatic N) is 6. The number of hydroxylamine groups is 2. The van der Waals surface area contributed by atoms with Crippen LogP contribution >= 0.6 is 23.2 Å². The molecule has 1 aromatic carbocycles. The lowest BCUT2D eigenvalue weighted by Crippen LogP contribution is -2.37. The van der Waals surface area contributed by atoms with Gasteiger partial charge in [-0.15, -0.1) is 10.2 Å². The highest BCUT2D eigenvalue weighted by Crippen LogP contribution is 2.38. The number of amides is 2. The average Bonchev–Trinajstić information content (AvgIpc) is 3.06. The van der Waals surface area contributed by atoms with E-state index in [-0.39, 0.29) is 16.5 Å². The zero-order valence-corrected chi connectivity index (χ0v) is 17.1. The van der Waals surface area contributed by atoms with Crippen LogP contribution in [-0.2, 0) is 7.05 Å². The highest BCUT2D eigenvalue weighted by Gasteiger charge is 2.21. The molecule has 9 nitrogen and oxygen atoms in total. The first-order chi connectivity index (χ1) is 13.7. The molecule has 0 aliphatic rings. The van der Waals surface area contributed by atoms with Gasteiger partial charge in [-0.3, -0.25) is 10.2 Å². The van der Waals surface area contributed by atoms with Crippen LogP contribution in [0.25, 0.3) is 22.5 Å². The van der Waals surface area contributed by atoms with Crippen molar-refractivity contribution in [2.75, 3.05) is 7.05 Å². The van der Waals surface area contributed by atoms with E-state index in [2.05, 4.69) is 25.7 Å². The van der Waals surface area contributed by atoms with Gasteiger partial charge < -0.3 is 5.32 Å². The molecule has 0 saturated heterocycles. The Morgan fingerprint density at radius 3 is 2.66 bits per heavy atom. The van der Waals surface area contributed by atoms with Gasteiger partial charge in [-0.1, -0.05) is 23.2 Å². The Balaban J connectivity index is 2.04. The summed E-state index contributed by atoms with van der Waals surface area (Å²) in [6.07, 6.45) is 1.42. The summed E-state index contributed by atoms with van der Waals surface area (Å²) in [5.74, 6) is -0.412. The molecular weight excluding hydrogens is 424 g/mol. The van der Waals surface area contributed by atoms with Crippen LogP contribution in [0.5, 0.6) is 0 Å². The van der Waals surface area contributed by atoms with Crippen LogP contribution in [0.1, 0.15) is 18.7 Å². The number of halogens is 3. The fourth-order valence-electron chi connectivity index (χ4n) is 2.67. The Morgan fingerprint density at radius 1 is 1.34 bits per heavy atom. The lowest BCUT2D eigenvalue weighted by atomic mass is 9.99. The minimum Gasteiger partial charge on any atom is -0.328 e. The molecule has 0 fully saturated rings. The molecule has 0 saturated carbocycles. The molecule has 29 heavy (non-hydrogen) atoms. The van der Waals surface area contributed by atoms with Gasteiger partial charge in [0.1, 0.15) is 5.82 Å². The summed E-state index contributed by atoms with van der Waals surface area (Å²) in [5, 5.41) is 24.4. The molecule has 1 atom stereocenters. The molecule has 2 heterocycles. The quantitative estimate of drug-likeness (QED) is 0.475. The lowest BCUT2D eigenvalue weighted by Gasteiger charge is -2.17. The summed E-state index contributed by atoms with van der Waals surface area (Å²) in [7, 11) is 2.76. The van der Waals surface area contributed by atoms with E-state index in [0.717, 1.165) is 7.05 Å². The van der Waals surface area contributed by atoms with Crippen LogP contribution in [0, 0.1) is 5.82 Å². The Hall–Kier alpha value is -2.82. The zero-order chi connectivity index (χ0) is 21.3. The highest BCUT2D eigenvalue weighted by molar-refractivity contribution is 6.37. The first-order valence-corrected chi connectivity index (χ1v) is 9.05. The second-order valence-corrected chi connectivity index (χ2v) is 7.04. The smallest absolute Gasteiger partial charge is 0.328 e. The Bertz CT molecular complexity index is 1070. The van der Waals surface area contributed by atoms with E-state index in [1.807, 2.05) is 0 Å². The van der Waals surface area contributed by atoms with Crippen molar-refractivity contribution >= 4 is 29.2 Å². The minimum absolute atomic E-state index is 0.00347. The second-order valence-electron chi connectivity index (χ2n) is 6.20. The molecule has 12 heteroatoms. The Labute approximate surface area is 175 Å². The molecule has 3 aromatic rings. The Kier molecular flexibility index (Phi) is 5.96. The van der Waals surface area contributed by atoms with Gasteiger partial charge in [0.05, 0.1) is 23.8 Å². The van der Waals surface area contributed by atoms with Gasteiger partial charge in [0, 0.05) is 29.4 Å². The van der Waals surface area contributed by atoms with Crippen molar-refractivity contribution in [3.63, 3.8) is 0 Å². The van der Waals surface area contributed by atoms with Crippen LogP contribution in [-0.4, -0.2) is 48.5 Å². The third-order valence-corrected chi connectivity index (χ3v) is 4.53. The topological polar surface area (TPSA) is 109 Å². The number of carbonyl (C=O) groups is 1. The maximum Gasteiger partial charge on any atom is 0.341 e. The molecule has 152 valence electrons. The van der Waals surface area contributed by atoms with E-state index in [1.54, 1.807) is 13.1 Å². The maximum atomic E-state index is 14.8. The SMILES string of the molecule is C[C@@H](NC(=O)N(C)O)c1ncc(-c2cc(Cl)cc(Cl)c2-c2nnn(C)n2)cc1F. The number of rotatable bonds is 4. The molecule has 2 amide bonds. The monoisotopic (exact) mass is 439 g/mol. The summed E-state index contributed by atoms with van der Waals surface area (Å²) < 4.78 is 14.8. The van der Waals surface area contributed by atoms with Gasteiger partial charge >= 0.3 is 6.03 Å². The van der Waals surface area contributed by atoms with Gasteiger partial charge in [-0.25, -0.2) is 14.2 Å². The Morgan fingerprint density at radius 2 is 2.07 bits per heavy atom. The van der Waals surface area contributed by atoms with E-state index in [9.17, 15) is 9.18 Å². The molecule has 0 aliphatic carbocycles. The van der Waals surface area contributed by atoms with Gasteiger partial charge in [-0.05, 0) is 35.9 Å². The summed E-state index contributed by atoms with van der Waals surface area (Å²) in [5.41, 5.74) is 1.29. The van der Waals surface area contributed by atoms with Gasteiger partial charge in [-0.2, -0.15) is 4.80 Å². The van der Waals surface area contributed by atoms with Gasteiger partial charge in [0.2, 0.25) is 5.82 Å². The summed E-state index contributed by atoms with van der Waals surface area (Å²) >= 11 is 12.5. The van der Waals surface area contributed by atoms with Gasteiger partial charge in [0.25, 0.3) is 0 Å². The van der Waals surface area contributed by atoms with E-state index in [0.29, 0.717) is 26.8 Å². The van der Waals surface area contributed by atoms with Crippen LogP contribution < -0.4 is 5.32 Å². The third kappa shape index (κ3) is 4.44. The zero-order valence-electron chi connectivity index (χ0n) is 15.6. The number of aromatic nitrogens is 5. The predicted octanol–water partition coefficient (Wildman–Crippen LogP) is 3.48. The number of pyridine rings is 1. The predicted molar refractivity (Wildman–Crippen MR) is 104 cm³/mol. The number of tetrazole rings is 1. The number of hydrogen-bond donors (Lipinski definition) is 2. The number of carbonyl (C=O) groups excluding carboxylic acids is 1. The van der Waals surface area contributed by atoms with Crippen molar-refractivity contribution in [2.24, 2.45) is 7.05 Å². The number of aryl methyl sites for hydroxylation is 1. The molecule has 0 radical (unpaired) electrons. The van der Waals surface area contributed by atoms with E-state index >= 15 is 0 Å². The van der Waals surface area contributed by atoms with Crippen LogP contribution in [0.2, 0.25) is 10.0 Å². The van der Waals surface area contributed by atoms with Crippen LogP contribution in [0.3, 0.4) is 0 Å². The van der Waals surface area contributed by atoms with Crippen LogP contribution in [0.15, 0.2) is 24.4 Å². The van der Waals surface area contributed by atoms with E-state index in [4.69, 9.17) is 28.4 Å². The van der Waals surface area contributed by atoms with E-state index in [1.165, 1.54) is 30.0 Å². The third-order valence-electron chi connectivity index (χ3n) is 4.01. The summed E-state index contributed by atoms with van der Waals surface area (Å²) in [4.78, 5) is 17.0. The molecule has 2 aromatic heterocycles. The molecule has 0 bridgehead atoms. The maximum absolute atomic E-state index is 14.8. The number of benzene rings is 1. The van der Waals surface area contributed by atoms with Crippen LogP contribution in [0.4, 0.5) is 9.18 Å². The first-order valence-electron chi connectivity index (χ1n) is 8.29. The molecule has 0 spiro atoms. The lowest BCUT2D eigenvalue weighted by molar-refractivity contribution is -0.0193. The largest absolute Gasteiger partial charge is 0.341 e. The van der Waals surface area contributed by atoms with Crippen molar-refractivity contribution < 1.29 is 14.4 Å². The fourth-order valence-corrected chi connectivity index (χ4v) is 3.25. The fraction of sp³-hybridized carbons (Fsp3) is 0.235. The number of urea groups is 1. The molecular formula is C17H16Cl2FN7O2. The molecule has 0 aliphatic heterocycles. The number of hydrogen-bond acceptors (Lipinski definition) is 6. The molecule has 3 rings (SSSR count).